The zero-order valence-corrected chi connectivity index (χ0v) is 12.7. The lowest BCUT2D eigenvalue weighted by atomic mass is 9.70. The number of carbonyl (C=O) groups is 1. The maximum atomic E-state index is 12.0. The molecule has 18 heavy (non-hydrogen) atoms. The van der Waals surface area contributed by atoms with E-state index in [-0.39, 0.29) is 17.5 Å². The van der Waals surface area contributed by atoms with Crippen molar-refractivity contribution in [2.45, 2.75) is 46.1 Å². The van der Waals surface area contributed by atoms with Crippen LogP contribution in [-0.2, 0) is 9.53 Å². The lowest BCUT2D eigenvalue weighted by molar-refractivity contribution is -0.862. The molecular formula is C15H28NO2+. The van der Waals surface area contributed by atoms with Gasteiger partial charge >= 0.3 is 5.97 Å². The van der Waals surface area contributed by atoms with E-state index in [0.717, 1.165) is 12.3 Å². The van der Waals surface area contributed by atoms with Gasteiger partial charge in [-0.25, -0.2) is 4.79 Å². The van der Waals surface area contributed by atoms with Crippen LogP contribution >= 0.6 is 0 Å². The molecule has 0 N–H and O–H groups in total. The molecule has 3 atom stereocenters. The summed E-state index contributed by atoms with van der Waals surface area (Å²) in [6, 6.07) is 0. The Balaban J connectivity index is 2.03. The lowest BCUT2D eigenvalue weighted by Crippen LogP contribution is -2.44. The Hall–Kier alpha value is -0.570. The van der Waals surface area contributed by atoms with Gasteiger partial charge in [0.2, 0.25) is 0 Å². The smallest absolute Gasteiger partial charge is 0.362 e. The number of esters is 1. The first-order valence-electron chi connectivity index (χ1n) is 7.06. The fourth-order valence-electron chi connectivity index (χ4n) is 3.89. The fraction of sp³-hybridized carbons (Fsp3) is 0.933. The quantitative estimate of drug-likeness (QED) is 0.571. The molecule has 3 nitrogen and oxygen atoms in total. The summed E-state index contributed by atoms with van der Waals surface area (Å²) in [5.74, 6) is 0.682. The van der Waals surface area contributed by atoms with E-state index in [2.05, 4.69) is 20.8 Å². The van der Waals surface area contributed by atoms with Gasteiger partial charge in [0.25, 0.3) is 0 Å². The van der Waals surface area contributed by atoms with Gasteiger partial charge in [0.05, 0.1) is 21.1 Å². The molecule has 0 amide bonds. The predicted octanol–water partition coefficient (Wildman–Crippen LogP) is 2.45. The van der Waals surface area contributed by atoms with Crippen LogP contribution in [0.2, 0.25) is 0 Å². The second kappa shape index (κ2) is 3.96. The molecule has 0 heterocycles. The Labute approximate surface area is 111 Å². The van der Waals surface area contributed by atoms with Crippen LogP contribution in [-0.4, -0.2) is 44.2 Å². The third-order valence-electron chi connectivity index (χ3n) is 5.59. The number of quaternary nitrogens is 1. The number of fused-ring (bicyclic) bond motifs is 2. The number of rotatable bonds is 3. The summed E-state index contributed by atoms with van der Waals surface area (Å²) in [6.07, 6.45) is 3.69. The summed E-state index contributed by atoms with van der Waals surface area (Å²) in [4.78, 5) is 12.0. The molecule has 104 valence electrons. The van der Waals surface area contributed by atoms with Crippen LogP contribution in [0.3, 0.4) is 0 Å². The molecule has 0 aromatic heterocycles. The van der Waals surface area contributed by atoms with Gasteiger partial charge in [0, 0.05) is 5.41 Å². The Morgan fingerprint density at radius 2 is 1.89 bits per heavy atom. The highest BCUT2D eigenvalue weighted by Crippen LogP contribution is 2.66. The van der Waals surface area contributed by atoms with Crippen LogP contribution in [0.4, 0.5) is 0 Å². The summed E-state index contributed by atoms with van der Waals surface area (Å²) in [5, 5.41) is 0. The minimum atomic E-state index is -0.0444. The highest BCUT2D eigenvalue weighted by molar-refractivity contribution is 5.71. The number of likely N-dealkylation sites (N-methyl/N-ethyl adjacent to an activating group) is 1. The summed E-state index contributed by atoms with van der Waals surface area (Å²) < 4.78 is 6.44. The monoisotopic (exact) mass is 254 g/mol. The Morgan fingerprint density at radius 3 is 2.28 bits per heavy atom. The maximum Gasteiger partial charge on any atom is 0.362 e. The fourth-order valence-corrected chi connectivity index (χ4v) is 3.89. The van der Waals surface area contributed by atoms with Crippen molar-refractivity contribution in [2.24, 2.45) is 16.7 Å². The highest BCUT2D eigenvalue weighted by atomic mass is 16.5. The Morgan fingerprint density at radius 1 is 1.28 bits per heavy atom. The first-order valence-corrected chi connectivity index (χ1v) is 7.06. The number of nitrogens with zero attached hydrogens (tertiary/aromatic N) is 1. The molecule has 0 radical (unpaired) electrons. The van der Waals surface area contributed by atoms with Crippen molar-refractivity contribution >= 4 is 5.97 Å². The second-order valence-electron chi connectivity index (χ2n) is 8.04. The second-order valence-corrected chi connectivity index (χ2v) is 8.04. The van der Waals surface area contributed by atoms with Crippen LogP contribution in [0.1, 0.15) is 40.0 Å². The summed E-state index contributed by atoms with van der Waals surface area (Å²) in [5.41, 5.74) is 0.493. The summed E-state index contributed by atoms with van der Waals surface area (Å²) in [7, 11) is 6.06. The molecule has 2 rings (SSSR count). The van der Waals surface area contributed by atoms with E-state index in [1.807, 2.05) is 21.1 Å². The first-order chi connectivity index (χ1) is 8.06. The van der Waals surface area contributed by atoms with Crippen LogP contribution in [0, 0.1) is 16.7 Å². The number of carbonyl (C=O) groups excluding carboxylic acids is 1. The molecule has 2 saturated carbocycles. The summed E-state index contributed by atoms with van der Waals surface area (Å²) in [6.45, 7) is 7.46. The Bertz CT molecular complexity index is 356. The summed E-state index contributed by atoms with van der Waals surface area (Å²) >= 11 is 0. The van der Waals surface area contributed by atoms with Crippen molar-refractivity contribution in [3.8, 4) is 0 Å². The van der Waals surface area contributed by atoms with Gasteiger partial charge in [0.1, 0.15) is 6.10 Å². The maximum absolute atomic E-state index is 12.0. The van der Waals surface area contributed by atoms with E-state index in [1.165, 1.54) is 12.8 Å². The number of hydrogen-bond acceptors (Lipinski definition) is 2. The van der Waals surface area contributed by atoms with E-state index in [9.17, 15) is 4.79 Å². The van der Waals surface area contributed by atoms with E-state index in [1.54, 1.807) is 0 Å². The predicted molar refractivity (Wildman–Crippen MR) is 72.0 cm³/mol. The topological polar surface area (TPSA) is 26.3 Å². The SMILES string of the molecule is CC1(C)[C@@H]2CC[C@]1(C)[C@@H](OC(=O)C[N+](C)(C)C)C2. The standard InChI is InChI=1S/C15H28NO2/c1-14(2)11-7-8-15(14,3)12(9-11)18-13(17)10-16(4,5)6/h11-12H,7-10H2,1-6H3/q+1/t11-,12+,15-/m1/s1. The minimum absolute atomic E-state index is 0.0444. The average molecular weight is 254 g/mol. The zero-order chi connectivity index (χ0) is 13.8. The van der Waals surface area contributed by atoms with Gasteiger partial charge in [-0.2, -0.15) is 0 Å². The van der Waals surface area contributed by atoms with Crippen LogP contribution in [0.25, 0.3) is 0 Å². The first kappa shape index (κ1) is 13.9. The molecule has 2 fully saturated rings. The Kier molecular flexibility index (Phi) is 3.05. The van der Waals surface area contributed by atoms with Gasteiger partial charge in [-0.3, -0.25) is 0 Å². The van der Waals surface area contributed by atoms with Gasteiger partial charge < -0.3 is 9.22 Å². The third-order valence-corrected chi connectivity index (χ3v) is 5.59. The van der Waals surface area contributed by atoms with Crippen molar-refractivity contribution in [3.05, 3.63) is 0 Å². The van der Waals surface area contributed by atoms with E-state index in [4.69, 9.17) is 4.74 Å². The average Bonchev–Trinajstić information content (AvgIpc) is 2.47. The third kappa shape index (κ3) is 2.07. The van der Waals surface area contributed by atoms with E-state index < -0.39 is 0 Å². The van der Waals surface area contributed by atoms with Crippen LogP contribution in [0.5, 0.6) is 0 Å². The van der Waals surface area contributed by atoms with Crippen LogP contribution < -0.4 is 0 Å². The molecule has 3 heteroatoms. The molecule has 2 bridgehead atoms. The molecule has 0 aliphatic heterocycles. The minimum Gasteiger partial charge on any atom is -0.458 e. The van der Waals surface area contributed by atoms with Gasteiger partial charge in [-0.05, 0) is 30.6 Å². The highest BCUT2D eigenvalue weighted by Gasteiger charge is 2.62. The van der Waals surface area contributed by atoms with Gasteiger partial charge in [-0.15, -0.1) is 0 Å². The molecule has 0 saturated heterocycles. The molecule has 0 aromatic rings. The molecule has 2 aliphatic rings. The number of ether oxygens (including phenoxy) is 1. The lowest BCUT2D eigenvalue weighted by Gasteiger charge is -2.38. The molecule has 0 aromatic carbocycles. The zero-order valence-electron chi connectivity index (χ0n) is 12.7. The van der Waals surface area contributed by atoms with Gasteiger partial charge in [0.15, 0.2) is 6.54 Å². The van der Waals surface area contributed by atoms with Gasteiger partial charge in [-0.1, -0.05) is 20.8 Å². The normalized spacial score (nSPS) is 37.9. The van der Waals surface area contributed by atoms with Crippen molar-refractivity contribution < 1.29 is 14.0 Å². The number of hydrogen-bond donors (Lipinski definition) is 0. The van der Waals surface area contributed by atoms with Crippen LogP contribution in [0.15, 0.2) is 0 Å². The van der Waals surface area contributed by atoms with E-state index in [0.29, 0.717) is 16.4 Å². The van der Waals surface area contributed by atoms with E-state index >= 15 is 0 Å². The van der Waals surface area contributed by atoms with Crippen molar-refractivity contribution in [1.82, 2.24) is 0 Å². The molecule has 2 aliphatic carbocycles. The van der Waals surface area contributed by atoms with Crippen molar-refractivity contribution in [3.63, 3.8) is 0 Å². The molecule has 0 unspecified atom stereocenters. The molecule has 0 spiro atoms. The largest absolute Gasteiger partial charge is 0.458 e. The van der Waals surface area contributed by atoms with Crippen molar-refractivity contribution in [1.29, 1.82) is 0 Å². The van der Waals surface area contributed by atoms with Crippen molar-refractivity contribution in [2.75, 3.05) is 27.7 Å². The molecular weight excluding hydrogens is 226 g/mol.